The smallest absolute Gasteiger partial charge is 0.329 e. The Hall–Kier alpha value is -4.43. The molecule has 0 spiro atoms. The maximum Gasteiger partial charge on any atom is 0.329 e. The van der Waals surface area contributed by atoms with E-state index in [-0.39, 0.29) is 0 Å². The number of halogens is 1. The molecule has 0 fully saturated rings. The number of aromatic nitrogens is 2. The van der Waals surface area contributed by atoms with Gasteiger partial charge in [0.05, 0.1) is 18.5 Å². The molecule has 0 aliphatic carbocycles. The third-order valence-electron chi connectivity index (χ3n) is 5.04. The van der Waals surface area contributed by atoms with Gasteiger partial charge in [0.1, 0.15) is 11.4 Å². The first-order valence-electron chi connectivity index (χ1n) is 11.3. The molecule has 0 saturated carbocycles. The molecule has 0 aliphatic heterocycles. The molecule has 182 valence electrons. The molecule has 2 amide bonds. The van der Waals surface area contributed by atoms with Gasteiger partial charge in [-0.05, 0) is 67.1 Å². The summed E-state index contributed by atoms with van der Waals surface area (Å²) in [5, 5.41) is 11.7. The summed E-state index contributed by atoms with van der Waals surface area (Å²) in [5.74, 6) is -0.981. The summed E-state index contributed by atoms with van der Waals surface area (Å²) in [6.45, 7) is 2.70. The van der Waals surface area contributed by atoms with Crippen LogP contribution in [-0.4, -0.2) is 34.4 Å². The van der Waals surface area contributed by atoms with Crippen LogP contribution < -0.4 is 15.5 Å². The number of hydrogen-bond donors (Lipinski definition) is 2. The molecule has 3 aromatic carbocycles. The van der Waals surface area contributed by atoms with E-state index >= 15 is 0 Å². The Labute approximate surface area is 213 Å². The second kappa shape index (κ2) is 11.8. The van der Waals surface area contributed by atoms with Gasteiger partial charge in [-0.2, -0.15) is 10.2 Å². The fourth-order valence-electron chi connectivity index (χ4n) is 3.28. The van der Waals surface area contributed by atoms with Crippen molar-refractivity contribution in [3.05, 3.63) is 95.6 Å². The third-order valence-corrected chi connectivity index (χ3v) is 5.29. The Balaban J connectivity index is 1.52. The van der Waals surface area contributed by atoms with Gasteiger partial charge in [0.15, 0.2) is 0 Å². The summed E-state index contributed by atoms with van der Waals surface area (Å²) in [6, 6.07) is 23.7. The number of hydrogen-bond acceptors (Lipinski definition) is 5. The van der Waals surface area contributed by atoms with Crippen LogP contribution in [0.15, 0.2) is 90.2 Å². The first-order valence-corrected chi connectivity index (χ1v) is 11.7. The quantitative estimate of drug-likeness (QED) is 0.200. The maximum absolute atomic E-state index is 12.2. The molecule has 1 aromatic heterocycles. The molecule has 9 heteroatoms. The van der Waals surface area contributed by atoms with E-state index in [1.165, 1.54) is 6.21 Å². The Kier molecular flexibility index (Phi) is 8.10. The number of benzene rings is 3. The second-order valence-corrected chi connectivity index (χ2v) is 8.18. The van der Waals surface area contributed by atoms with Crippen molar-refractivity contribution < 1.29 is 14.3 Å². The van der Waals surface area contributed by atoms with Crippen LogP contribution in [0.1, 0.15) is 18.9 Å². The molecule has 0 atom stereocenters. The van der Waals surface area contributed by atoms with Crippen molar-refractivity contribution in [1.29, 1.82) is 0 Å². The minimum atomic E-state index is -0.907. The van der Waals surface area contributed by atoms with Gasteiger partial charge in [-0.1, -0.05) is 36.7 Å². The van der Waals surface area contributed by atoms with Crippen molar-refractivity contribution in [3.8, 4) is 22.7 Å². The lowest BCUT2D eigenvalue weighted by molar-refractivity contribution is -0.136. The Morgan fingerprint density at radius 1 is 1.00 bits per heavy atom. The Morgan fingerprint density at radius 2 is 1.72 bits per heavy atom. The number of para-hydroxylation sites is 1. The molecular weight excluding hydrogens is 478 g/mol. The van der Waals surface area contributed by atoms with Crippen LogP contribution in [0.4, 0.5) is 5.69 Å². The van der Waals surface area contributed by atoms with Gasteiger partial charge in [-0.3, -0.25) is 9.59 Å². The largest absolute Gasteiger partial charge is 0.494 e. The van der Waals surface area contributed by atoms with Crippen molar-refractivity contribution in [2.75, 3.05) is 11.9 Å². The fourth-order valence-corrected chi connectivity index (χ4v) is 3.41. The van der Waals surface area contributed by atoms with Gasteiger partial charge in [-0.25, -0.2) is 10.1 Å². The first-order chi connectivity index (χ1) is 17.5. The number of nitrogens with zero attached hydrogens (tertiary/aromatic N) is 3. The first kappa shape index (κ1) is 24.7. The Morgan fingerprint density at radius 3 is 2.42 bits per heavy atom. The van der Waals surface area contributed by atoms with Gasteiger partial charge < -0.3 is 10.1 Å². The number of carbonyl (C=O) groups excluding carboxylic acids is 2. The predicted molar refractivity (Wildman–Crippen MR) is 141 cm³/mol. The zero-order valence-electron chi connectivity index (χ0n) is 19.5. The number of hydrazone groups is 1. The van der Waals surface area contributed by atoms with Crippen LogP contribution in [0.5, 0.6) is 5.75 Å². The van der Waals surface area contributed by atoms with Crippen molar-refractivity contribution in [1.82, 2.24) is 15.2 Å². The van der Waals surface area contributed by atoms with Crippen molar-refractivity contribution in [2.45, 2.75) is 13.3 Å². The van der Waals surface area contributed by atoms with Crippen LogP contribution >= 0.6 is 11.6 Å². The lowest BCUT2D eigenvalue weighted by Gasteiger charge is -2.05. The topological polar surface area (TPSA) is 97.6 Å². The highest BCUT2D eigenvalue weighted by Crippen LogP contribution is 2.25. The fraction of sp³-hybridized carbons (Fsp3) is 0.111. The van der Waals surface area contributed by atoms with Gasteiger partial charge in [-0.15, -0.1) is 0 Å². The summed E-state index contributed by atoms with van der Waals surface area (Å²) in [6.07, 6.45) is 4.18. The van der Waals surface area contributed by atoms with E-state index in [4.69, 9.17) is 21.4 Å². The molecule has 4 aromatic rings. The maximum atomic E-state index is 12.2. The van der Waals surface area contributed by atoms with Crippen LogP contribution in [0.2, 0.25) is 5.02 Å². The van der Waals surface area contributed by atoms with E-state index in [0.29, 0.717) is 28.6 Å². The van der Waals surface area contributed by atoms with Crippen LogP contribution in [0.25, 0.3) is 16.9 Å². The number of anilines is 1. The summed E-state index contributed by atoms with van der Waals surface area (Å²) >= 11 is 5.84. The van der Waals surface area contributed by atoms with Crippen LogP contribution in [0, 0.1) is 0 Å². The standard InChI is InChI=1S/C27H24ClN5O3/c1-2-16-36-24-14-8-19(9-15-24)25-20(18-33(32-25)23-6-4-3-5-7-23)17-29-31-27(35)26(34)30-22-12-10-21(28)11-13-22/h3-15,17-18H,2,16H2,1H3,(H,30,34)(H,31,35). The molecule has 0 saturated heterocycles. The highest BCUT2D eigenvalue weighted by Gasteiger charge is 2.14. The zero-order chi connectivity index (χ0) is 25.3. The minimum Gasteiger partial charge on any atom is -0.494 e. The van der Waals surface area contributed by atoms with Gasteiger partial charge in [0.2, 0.25) is 0 Å². The molecule has 2 N–H and O–H groups in total. The second-order valence-electron chi connectivity index (χ2n) is 7.75. The Bertz CT molecular complexity index is 1350. The highest BCUT2D eigenvalue weighted by molar-refractivity contribution is 6.39. The molecular formula is C27H24ClN5O3. The molecule has 8 nitrogen and oxygen atoms in total. The zero-order valence-corrected chi connectivity index (χ0v) is 20.3. The number of amides is 2. The van der Waals surface area contributed by atoms with E-state index < -0.39 is 11.8 Å². The molecule has 4 rings (SSSR count). The highest BCUT2D eigenvalue weighted by atomic mass is 35.5. The van der Waals surface area contributed by atoms with Gasteiger partial charge in [0, 0.05) is 28.0 Å². The lowest BCUT2D eigenvalue weighted by Crippen LogP contribution is -2.32. The number of ether oxygens (including phenoxy) is 1. The predicted octanol–water partition coefficient (Wildman–Crippen LogP) is 5.07. The molecule has 36 heavy (non-hydrogen) atoms. The van der Waals surface area contributed by atoms with Crippen LogP contribution in [-0.2, 0) is 9.59 Å². The van der Waals surface area contributed by atoms with Crippen molar-refractivity contribution >= 4 is 35.3 Å². The molecule has 1 heterocycles. The van der Waals surface area contributed by atoms with E-state index in [2.05, 4.69) is 22.8 Å². The van der Waals surface area contributed by atoms with E-state index in [0.717, 1.165) is 23.4 Å². The van der Waals surface area contributed by atoms with Gasteiger partial charge >= 0.3 is 11.8 Å². The average Bonchev–Trinajstić information content (AvgIpc) is 3.33. The summed E-state index contributed by atoms with van der Waals surface area (Å²) in [4.78, 5) is 24.4. The van der Waals surface area contributed by atoms with Crippen LogP contribution in [0.3, 0.4) is 0 Å². The summed E-state index contributed by atoms with van der Waals surface area (Å²) in [7, 11) is 0. The van der Waals surface area contributed by atoms with E-state index in [9.17, 15) is 9.59 Å². The van der Waals surface area contributed by atoms with Crippen molar-refractivity contribution in [2.24, 2.45) is 5.10 Å². The van der Waals surface area contributed by atoms with E-state index in [1.807, 2.05) is 54.6 Å². The lowest BCUT2D eigenvalue weighted by atomic mass is 10.1. The number of nitrogens with one attached hydrogen (secondary N) is 2. The summed E-state index contributed by atoms with van der Waals surface area (Å²) in [5.41, 5.74) is 5.73. The van der Waals surface area contributed by atoms with E-state index in [1.54, 1.807) is 35.1 Å². The monoisotopic (exact) mass is 501 g/mol. The number of rotatable bonds is 8. The average molecular weight is 502 g/mol. The molecule has 0 radical (unpaired) electrons. The molecule has 0 aliphatic rings. The summed E-state index contributed by atoms with van der Waals surface area (Å²) < 4.78 is 7.40. The normalized spacial score (nSPS) is 10.8. The minimum absolute atomic E-state index is 0.446. The van der Waals surface area contributed by atoms with Crippen molar-refractivity contribution in [3.63, 3.8) is 0 Å². The SMILES string of the molecule is CCCOc1ccc(-c2nn(-c3ccccc3)cc2C=NNC(=O)C(=O)Nc2ccc(Cl)cc2)cc1. The number of carbonyl (C=O) groups is 2. The third kappa shape index (κ3) is 6.37. The van der Waals surface area contributed by atoms with Gasteiger partial charge in [0.25, 0.3) is 0 Å². The molecule has 0 unspecified atom stereocenters. The molecule has 0 bridgehead atoms.